The van der Waals surface area contributed by atoms with Gasteiger partial charge in [-0.15, -0.1) is 11.3 Å². The summed E-state index contributed by atoms with van der Waals surface area (Å²) in [5.74, 6) is 0.0776. The highest BCUT2D eigenvalue weighted by Gasteiger charge is 2.29. The van der Waals surface area contributed by atoms with Gasteiger partial charge in [-0.3, -0.25) is 10.1 Å². The molecular formula is C14H21NO2S. The second kappa shape index (κ2) is 5.85. The minimum Gasteiger partial charge on any atom is -0.468 e. The summed E-state index contributed by atoms with van der Waals surface area (Å²) in [6.45, 7) is 4.10. The maximum Gasteiger partial charge on any atom is 0.323 e. The summed E-state index contributed by atoms with van der Waals surface area (Å²) < 4.78 is 4.89. The van der Waals surface area contributed by atoms with Crippen LogP contribution in [-0.2, 0) is 16.0 Å². The molecule has 3 nitrogen and oxygen atoms in total. The van der Waals surface area contributed by atoms with Crippen molar-refractivity contribution in [2.45, 2.75) is 45.2 Å². The molecule has 0 fully saturated rings. The van der Waals surface area contributed by atoms with Crippen LogP contribution in [0.1, 0.15) is 43.2 Å². The van der Waals surface area contributed by atoms with E-state index in [0.717, 1.165) is 6.42 Å². The van der Waals surface area contributed by atoms with Gasteiger partial charge in [0.15, 0.2) is 0 Å². The van der Waals surface area contributed by atoms with Gasteiger partial charge < -0.3 is 4.74 Å². The lowest BCUT2D eigenvalue weighted by Crippen LogP contribution is -2.44. The van der Waals surface area contributed by atoms with Crippen LogP contribution in [0.2, 0.25) is 0 Å². The Hall–Kier alpha value is -0.870. The van der Waals surface area contributed by atoms with Crippen molar-refractivity contribution in [2.24, 2.45) is 5.92 Å². The van der Waals surface area contributed by atoms with Crippen LogP contribution in [0.15, 0.2) is 11.4 Å². The number of methoxy groups -OCH3 is 1. The van der Waals surface area contributed by atoms with Gasteiger partial charge in [0.05, 0.1) is 7.11 Å². The highest BCUT2D eigenvalue weighted by atomic mass is 32.1. The van der Waals surface area contributed by atoms with Crippen LogP contribution in [0.3, 0.4) is 0 Å². The molecule has 0 radical (unpaired) electrons. The molecule has 0 aliphatic heterocycles. The molecule has 2 atom stereocenters. The average molecular weight is 267 g/mol. The number of thiophene rings is 1. The number of hydrogen-bond donors (Lipinski definition) is 1. The van der Waals surface area contributed by atoms with Gasteiger partial charge in [-0.25, -0.2) is 0 Å². The first-order valence-electron chi connectivity index (χ1n) is 6.53. The van der Waals surface area contributed by atoms with Crippen molar-refractivity contribution in [1.82, 2.24) is 5.32 Å². The molecule has 18 heavy (non-hydrogen) atoms. The summed E-state index contributed by atoms with van der Waals surface area (Å²) in [5, 5.41) is 5.63. The van der Waals surface area contributed by atoms with Crippen molar-refractivity contribution in [3.05, 3.63) is 21.9 Å². The first-order valence-corrected chi connectivity index (χ1v) is 7.41. The van der Waals surface area contributed by atoms with Gasteiger partial charge in [0.25, 0.3) is 0 Å². The number of aryl methyl sites for hydroxylation is 1. The maximum absolute atomic E-state index is 11.8. The van der Waals surface area contributed by atoms with E-state index in [1.165, 1.54) is 30.4 Å². The van der Waals surface area contributed by atoms with E-state index in [1.807, 2.05) is 25.2 Å². The molecule has 1 unspecified atom stereocenters. The minimum atomic E-state index is -0.217. The molecule has 2 rings (SSSR count). The van der Waals surface area contributed by atoms with Crippen molar-refractivity contribution in [1.29, 1.82) is 0 Å². The Kier molecular flexibility index (Phi) is 4.40. The SMILES string of the molecule is COC(=O)[C@@H](NC1CCCc2sccc21)C(C)C. The van der Waals surface area contributed by atoms with E-state index in [1.54, 1.807) is 0 Å². The molecule has 1 aromatic heterocycles. The van der Waals surface area contributed by atoms with Gasteiger partial charge >= 0.3 is 5.97 Å². The average Bonchev–Trinajstić information content (AvgIpc) is 2.83. The molecular weight excluding hydrogens is 246 g/mol. The highest BCUT2D eigenvalue weighted by Crippen LogP contribution is 2.33. The fourth-order valence-electron chi connectivity index (χ4n) is 2.54. The fourth-order valence-corrected chi connectivity index (χ4v) is 3.52. The zero-order valence-electron chi connectivity index (χ0n) is 11.2. The Balaban J connectivity index is 2.12. The van der Waals surface area contributed by atoms with Crippen LogP contribution in [0.5, 0.6) is 0 Å². The van der Waals surface area contributed by atoms with E-state index in [2.05, 4.69) is 16.8 Å². The second-order valence-electron chi connectivity index (χ2n) is 5.16. The van der Waals surface area contributed by atoms with Crippen LogP contribution in [0.4, 0.5) is 0 Å². The van der Waals surface area contributed by atoms with Crippen molar-refractivity contribution in [2.75, 3.05) is 7.11 Å². The molecule has 1 aliphatic rings. The normalized spacial score (nSPS) is 20.6. The largest absolute Gasteiger partial charge is 0.468 e. The van der Waals surface area contributed by atoms with Gasteiger partial charge in [-0.1, -0.05) is 13.8 Å². The summed E-state index contributed by atoms with van der Waals surface area (Å²) in [6.07, 6.45) is 3.47. The minimum absolute atomic E-state index is 0.160. The maximum atomic E-state index is 11.8. The number of esters is 1. The van der Waals surface area contributed by atoms with Crippen LogP contribution < -0.4 is 5.32 Å². The van der Waals surface area contributed by atoms with Gasteiger partial charge in [0, 0.05) is 10.9 Å². The van der Waals surface area contributed by atoms with Crippen LogP contribution in [0, 0.1) is 5.92 Å². The number of ether oxygens (including phenoxy) is 1. The Labute approximate surface area is 113 Å². The third-order valence-electron chi connectivity index (χ3n) is 3.55. The third kappa shape index (κ3) is 2.75. The van der Waals surface area contributed by atoms with E-state index in [4.69, 9.17) is 4.74 Å². The molecule has 100 valence electrons. The number of nitrogens with one attached hydrogen (secondary N) is 1. The standard InChI is InChI=1S/C14H21NO2S/c1-9(2)13(14(16)17-3)15-11-5-4-6-12-10(11)7-8-18-12/h7-9,11,13,15H,4-6H2,1-3H3/t11?,13-/m0/s1. The molecule has 0 saturated carbocycles. The number of carbonyl (C=O) groups excluding carboxylic acids is 1. The molecule has 0 spiro atoms. The van der Waals surface area contributed by atoms with E-state index in [0.29, 0.717) is 6.04 Å². The Morgan fingerprint density at radius 2 is 2.33 bits per heavy atom. The lowest BCUT2D eigenvalue weighted by atomic mass is 9.92. The zero-order chi connectivity index (χ0) is 13.1. The molecule has 4 heteroatoms. The zero-order valence-corrected chi connectivity index (χ0v) is 12.0. The fraction of sp³-hybridized carbons (Fsp3) is 0.643. The lowest BCUT2D eigenvalue weighted by molar-refractivity contribution is -0.144. The molecule has 1 N–H and O–H groups in total. The van der Waals surface area contributed by atoms with Crippen molar-refractivity contribution in [3.63, 3.8) is 0 Å². The van der Waals surface area contributed by atoms with E-state index < -0.39 is 0 Å². The predicted octanol–water partition coefficient (Wildman–Crippen LogP) is 2.91. The monoisotopic (exact) mass is 267 g/mol. The topological polar surface area (TPSA) is 38.3 Å². The number of carbonyl (C=O) groups is 1. The first-order chi connectivity index (χ1) is 8.63. The molecule has 1 aliphatic carbocycles. The Bertz CT molecular complexity index is 414. The molecule has 1 aromatic rings. The van der Waals surface area contributed by atoms with E-state index >= 15 is 0 Å². The quantitative estimate of drug-likeness (QED) is 0.852. The van der Waals surface area contributed by atoms with E-state index in [9.17, 15) is 4.79 Å². The van der Waals surface area contributed by atoms with Gasteiger partial charge in [0.1, 0.15) is 6.04 Å². The predicted molar refractivity (Wildman–Crippen MR) is 73.8 cm³/mol. The summed E-state index contributed by atoms with van der Waals surface area (Å²) >= 11 is 1.82. The molecule has 0 bridgehead atoms. The van der Waals surface area contributed by atoms with Crippen molar-refractivity contribution >= 4 is 17.3 Å². The van der Waals surface area contributed by atoms with Crippen LogP contribution in [0.25, 0.3) is 0 Å². The first kappa shape index (κ1) is 13.6. The highest BCUT2D eigenvalue weighted by molar-refractivity contribution is 7.10. The van der Waals surface area contributed by atoms with Gasteiger partial charge in [0.2, 0.25) is 0 Å². The Morgan fingerprint density at radius 1 is 1.56 bits per heavy atom. The smallest absolute Gasteiger partial charge is 0.323 e. The summed E-state index contributed by atoms with van der Waals surface area (Å²) in [5.41, 5.74) is 1.38. The number of hydrogen-bond acceptors (Lipinski definition) is 4. The lowest BCUT2D eigenvalue weighted by Gasteiger charge is -2.29. The van der Waals surface area contributed by atoms with Crippen LogP contribution in [-0.4, -0.2) is 19.1 Å². The summed E-state index contributed by atoms with van der Waals surface area (Å²) in [6, 6.07) is 2.27. The Morgan fingerprint density at radius 3 is 3.00 bits per heavy atom. The van der Waals surface area contributed by atoms with Gasteiger partial charge in [-0.05, 0) is 42.2 Å². The van der Waals surface area contributed by atoms with Crippen molar-refractivity contribution < 1.29 is 9.53 Å². The molecule has 0 saturated heterocycles. The molecule has 0 amide bonds. The van der Waals surface area contributed by atoms with Crippen molar-refractivity contribution in [3.8, 4) is 0 Å². The van der Waals surface area contributed by atoms with Crippen LogP contribution >= 0.6 is 11.3 Å². The summed E-state index contributed by atoms with van der Waals surface area (Å²) in [7, 11) is 1.45. The second-order valence-corrected chi connectivity index (χ2v) is 6.16. The van der Waals surface area contributed by atoms with E-state index in [-0.39, 0.29) is 17.9 Å². The van der Waals surface area contributed by atoms with Gasteiger partial charge in [-0.2, -0.15) is 0 Å². The number of fused-ring (bicyclic) bond motifs is 1. The third-order valence-corrected chi connectivity index (χ3v) is 4.55. The summed E-state index contributed by atoms with van der Waals surface area (Å²) in [4.78, 5) is 13.3. The molecule has 0 aromatic carbocycles. The molecule has 1 heterocycles. The number of rotatable bonds is 4.